The molecule has 0 aromatic heterocycles. The van der Waals surface area contributed by atoms with E-state index in [2.05, 4.69) is 34.5 Å². The van der Waals surface area contributed by atoms with Crippen molar-refractivity contribution in [3.05, 3.63) is 89.4 Å². The lowest BCUT2D eigenvalue weighted by Crippen LogP contribution is -2.40. The fraction of sp³-hybridized carbons (Fsp3) is 0.240. The van der Waals surface area contributed by atoms with Gasteiger partial charge in [-0.1, -0.05) is 71.9 Å². The summed E-state index contributed by atoms with van der Waals surface area (Å²) < 4.78 is 0. The van der Waals surface area contributed by atoms with Gasteiger partial charge in [-0.2, -0.15) is 0 Å². The van der Waals surface area contributed by atoms with E-state index in [1.807, 2.05) is 54.6 Å². The third-order valence-corrected chi connectivity index (χ3v) is 6.80. The number of hydrogen-bond donors (Lipinski definition) is 1. The highest BCUT2D eigenvalue weighted by atomic mass is 35.5. The second-order valence-electron chi connectivity index (χ2n) is 7.57. The number of carbonyl (C=O) groups excluding carboxylic acids is 1. The Labute approximate surface area is 187 Å². The Balaban J connectivity index is 1.41. The maximum absolute atomic E-state index is 13.1. The van der Waals surface area contributed by atoms with Crippen LogP contribution in [-0.4, -0.2) is 23.9 Å². The van der Waals surface area contributed by atoms with E-state index in [4.69, 9.17) is 11.6 Å². The van der Waals surface area contributed by atoms with Gasteiger partial charge in [0.1, 0.15) is 0 Å². The van der Waals surface area contributed by atoms with Crippen molar-refractivity contribution < 1.29 is 4.79 Å². The quantitative estimate of drug-likeness (QED) is 0.489. The molecule has 1 aliphatic rings. The van der Waals surface area contributed by atoms with E-state index in [1.54, 1.807) is 11.8 Å². The molecule has 3 nitrogen and oxygen atoms in total. The molecule has 1 N–H and O–H groups in total. The number of carbonyl (C=O) groups is 1. The first-order valence-electron chi connectivity index (χ1n) is 10.3. The monoisotopic (exact) mass is 436 g/mol. The van der Waals surface area contributed by atoms with Gasteiger partial charge in [0, 0.05) is 27.9 Å². The molecule has 1 heterocycles. The van der Waals surface area contributed by atoms with Gasteiger partial charge in [0.2, 0.25) is 5.91 Å². The van der Waals surface area contributed by atoms with Gasteiger partial charge in [0.25, 0.3) is 0 Å². The highest BCUT2D eigenvalue weighted by molar-refractivity contribution is 7.99. The molecule has 0 bridgehead atoms. The zero-order valence-electron chi connectivity index (χ0n) is 16.8. The Bertz CT molecular complexity index is 995. The molecule has 0 radical (unpaired) electrons. The van der Waals surface area contributed by atoms with Crippen molar-refractivity contribution in [1.29, 1.82) is 0 Å². The molecule has 3 aromatic rings. The molecule has 1 saturated heterocycles. The Morgan fingerprint density at radius 1 is 1.00 bits per heavy atom. The molecule has 3 aromatic carbocycles. The van der Waals surface area contributed by atoms with Gasteiger partial charge in [-0.25, -0.2) is 0 Å². The zero-order chi connectivity index (χ0) is 20.8. The van der Waals surface area contributed by atoms with Crippen molar-refractivity contribution >= 4 is 35.0 Å². The predicted molar refractivity (Wildman–Crippen MR) is 125 cm³/mol. The summed E-state index contributed by atoms with van der Waals surface area (Å²) >= 11 is 7.99. The molecule has 1 aliphatic heterocycles. The molecule has 30 heavy (non-hydrogen) atoms. The van der Waals surface area contributed by atoms with Crippen LogP contribution in [0.1, 0.15) is 18.4 Å². The first-order chi connectivity index (χ1) is 14.7. The maximum atomic E-state index is 13.1. The molecule has 0 saturated carbocycles. The Kier molecular flexibility index (Phi) is 7.11. The molecule has 1 atom stereocenters. The largest absolute Gasteiger partial charge is 0.325 e. The summed E-state index contributed by atoms with van der Waals surface area (Å²) in [4.78, 5) is 17.6. The number of nitrogens with one attached hydrogen (secondary N) is 1. The summed E-state index contributed by atoms with van der Waals surface area (Å²) in [7, 11) is 0. The van der Waals surface area contributed by atoms with E-state index >= 15 is 0 Å². The third kappa shape index (κ3) is 5.45. The van der Waals surface area contributed by atoms with Gasteiger partial charge in [0.15, 0.2) is 0 Å². The number of hydrogen-bond acceptors (Lipinski definition) is 3. The van der Waals surface area contributed by atoms with Gasteiger partial charge in [-0.05, 0) is 55.3 Å². The van der Waals surface area contributed by atoms with E-state index in [9.17, 15) is 4.79 Å². The van der Waals surface area contributed by atoms with Crippen LogP contribution >= 0.6 is 23.4 Å². The van der Waals surface area contributed by atoms with Crippen LogP contribution < -0.4 is 5.32 Å². The number of rotatable bonds is 6. The average molecular weight is 437 g/mol. The van der Waals surface area contributed by atoms with Crippen molar-refractivity contribution in [2.24, 2.45) is 5.92 Å². The van der Waals surface area contributed by atoms with Crippen LogP contribution in [-0.2, 0) is 11.3 Å². The standard InChI is InChI=1S/C25H25ClN2OS/c26-22-13-5-4-9-19(22)17-28-16-8-10-20(18-28)25(29)27-23-14-6-7-15-24(23)30-21-11-2-1-3-12-21/h1-7,9,11-15,20H,8,10,16-18H2,(H,27,29). The average Bonchev–Trinajstić information content (AvgIpc) is 2.78. The van der Waals surface area contributed by atoms with Crippen molar-refractivity contribution in [2.45, 2.75) is 29.2 Å². The van der Waals surface area contributed by atoms with E-state index in [0.717, 1.165) is 58.5 Å². The number of amides is 1. The van der Waals surface area contributed by atoms with Crippen LogP contribution in [0.5, 0.6) is 0 Å². The minimum Gasteiger partial charge on any atom is -0.325 e. The number of piperidine rings is 1. The van der Waals surface area contributed by atoms with E-state index in [-0.39, 0.29) is 11.8 Å². The molecule has 4 rings (SSSR count). The zero-order valence-corrected chi connectivity index (χ0v) is 18.3. The van der Waals surface area contributed by atoms with Crippen LogP contribution in [0.25, 0.3) is 0 Å². The van der Waals surface area contributed by atoms with Crippen LogP contribution in [0.4, 0.5) is 5.69 Å². The molecule has 0 spiro atoms. The first kappa shape index (κ1) is 21.0. The fourth-order valence-corrected chi connectivity index (χ4v) is 4.91. The molecular formula is C25H25ClN2OS. The number of benzene rings is 3. The summed E-state index contributed by atoms with van der Waals surface area (Å²) in [5, 5.41) is 3.97. The lowest BCUT2D eigenvalue weighted by molar-refractivity contribution is -0.121. The summed E-state index contributed by atoms with van der Waals surface area (Å²) in [6, 6.07) is 26.2. The Morgan fingerprint density at radius 3 is 2.57 bits per heavy atom. The topological polar surface area (TPSA) is 32.3 Å². The van der Waals surface area contributed by atoms with Crippen molar-refractivity contribution in [3.63, 3.8) is 0 Å². The van der Waals surface area contributed by atoms with Gasteiger partial charge >= 0.3 is 0 Å². The number of para-hydroxylation sites is 1. The van der Waals surface area contributed by atoms with Crippen molar-refractivity contribution in [3.8, 4) is 0 Å². The Morgan fingerprint density at radius 2 is 1.73 bits per heavy atom. The SMILES string of the molecule is O=C(Nc1ccccc1Sc1ccccc1)C1CCCN(Cc2ccccc2Cl)C1. The Hall–Kier alpha value is -2.27. The molecule has 154 valence electrons. The normalized spacial score (nSPS) is 16.9. The molecule has 5 heteroatoms. The molecule has 1 unspecified atom stereocenters. The summed E-state index contributed by atoms with van der Waals surface area (Å²) in [6.07, 6.45) is 1.93. The number of likely N-dealkylation sites (tertiary alicyclic amines) is 1. The summed E-state index contributed by atoms with van der Waals surface area (Å²) in [6.45, 7) is 2.53. The number of nitrogens with zero attached hydrogens (tertiary/aromatic N) is 1. The molecule has 1 amide bonds. The highest BCUT2D eigenvalue weighted by Crippen LogP contribution is 2.33. The van der Waals surface area contributed by atoms with Crippen molar-refractivity contribution in [2.75, 3.05) is 18.4 Å². The number of anilines is 1. The van der Waals surface area contributed by atoms with Gasteiger partial charge in [-0.3, -0.25) is 9.69 Å². The summed E-state index contributed by atoms with van der Waals surface area (Å²) in [5.41, 5.74) is 1.99. The summed E-state index contributed by atoms with van der Waals surface area (Å²) in [5.74, 6) is 0.0796. The van der Waals surface area contributed by atoms with E-state index < -0.39 is 0 Å². The smallest absolute Gasteiger partial charge is 0.228 e. The fourth-order valence-electron chi connectivity index (χ4n) is 3.79. The second kappa shape index (κ2) is 10.2. The van der Waals surface area contributed by atoms with Crippen LogP contribution in [0.15, 0.2) is 88.7 Å². The van der Waals surface area contributed by atoms with Crippen LogP contribution in [0.3, 0.4) is 0 Å². The number of halogens is 1. The molecule has 1 fully saturated rings. The van der Waals surface area contributed by atoms with Crippen LogP contribution in [0, 0.1) is 5.92 Å². The lowest BCUT2D eigenvalue weighted by Gasteiger charge is -2.32. The second-order valence-corrected chi connectivity index (χ2v) is 9.09. The van der Waals surface area contributed by atoms with Crippen LogP contribution in [0.2, 0.25) is 5.02 Å². The molecular weight excluding hydrogens is 412 g/mol. The van der Waals surface area contributed by atoms with E-state index in [1.165, 1.54) is 0 Å². The minimum atomic E-state index is -0.0176. The first-order valence-corrected chi connectivity index (χ1v) is 11.5. The van der Waals surface area contributed by atoms with Gasteiger partial charge in [0.05, 0.1) is 11.6 Å². The molecule has 0 aliphatic carbocycles. The van der Waals surface area contributed by atoms with E-state index in [0.29, 0.717) is 0 Å². The third-order valence-electron chi connectivity index (χ3n) is 5.34. The van der Waals surface area contributed by atoms with Gasteiger partial charge in [-0.15, -0.1) is 0 Å². The lowest BCUT2D eigenvalue weighted by atomic mass is 9.96. The predicted octanol–water partition coefficient (Wildman–Crippen LogP) is 6.34. The minimum absolute atomic E-state index is 0.0176. The van der Waals surface area contributed by atoms with Crippen molar-refractivity contribution in [1.82, 2.24) is 4.90 Å². The maximum Gasteiger partial charge on any atom is 0.228 e. The van der Waals surface area contributed by atoms with Gasteiger partial charge < -0.3 is 5.32 Å². The highest BCUT2D eigenvalue weighted by Gasteiger charge is 2.26.